The third kappa shape index (κ3) is 5.88. The van der Waals surface area contributed by atoms with E-state index in [-0.39, 0.29) is 5.91 Å². The van der Waals surface area contributed by atoms with E-state index in [0.717, 1.165) is 23.0 Å². The van der Waals surface area contributed by atoms with Crippen molar-refractivity contribution in [3.8, 4) is 5.75 Å². The molecule has 0 aliphatic carbocycles. The largest absolute Gasteiger partial charge is 0.495 e. The lowest BCUT2D eigenvalue weighted by Gasteiger charge is -2.29. The molecule has 0 saturated carbocycles. The van der Waals surface area contributed by atoms with Crippen LogP contribution in [0.3, 0.4) is 0 Å². The zero-order valence-corrected chi connectivity index (χ0v) is 21.1. The molecule has 4 rings (SSSR count). The first-order valence-corrected chi connectivity index (χ1v) is 13.2. The van der Waals surface area contributed by atoms with E-state index in [1.165, 1.54) is 10.6 Å². The predicted octanol–water partition coefficient (Wildman–Crippen LogP) is 5.91. The summed E-state index contributed by atoms with van der Waals surface area (Å²) in [6, 6.07) is 37.1. The van der Waals surface area contributed by atoms with E-state index >= 15 is 0 Å². The maximum Gasteiger partial charge on any atom is 0.251 e. The molecule has 0 heterocycles. The van der Waals surface area contributed by atoms with Gasteiger partial charge in [-0.15, -0.1) is 0 Å². The van der Waals surface area contributed by atoms with Crippen LogP contribution >= 0.6 is 7.92 Å². The van der Waals surface area contributed by atoms with Gasteiger partial charge in [-0.05, 0) is 42.7 Å². The van der Waals surface area contributed by atoms with E-state index in [9.17, 15) is 4.79 Å². The van der Waals surface area contributed by atoms with Crippen LogP contribution in [-0.2, 0) is 4.79 Å². The smallest absolute Gasteiger partial charge is 0.251 e. The third-order valence-electron chi connectivity index (χ3n) is 5.67. The van der Waals surface area contributed by atoms with Crippen molar-refractivity contribution in [2.45, 2.75) is 13.3 Å². The number of hydrogen-bond acceptors (Lipinski definition) is 2. The molecule has 0 saturated heterocycles. The van der Waals surface area contributed by atoms with Gasteiger partial charge in [0.15, 0.2) is 0 Å². The van der Waals surface area contributed by atoms with Crippen molar-refractivity contribution in [2.24, 2.45) is 0 Å². The molecule has 1 amide bonds. The van der Waals surface area contributed by atoms with Crippen molar-refractivity contribution in [3.05, 3.63) is 121 Å². The molecule has 4 aromatic carbocycles. The second kappa shape index (κ2) is 12.1. The minimum absolute atomic E-state index is 0.0578. The molecule has 35 heavy (non-hydrogen) atoms. The predicted molar refractivity (Wildman–Crippen MR) is 150 cm³/mol. The Morgan fingerprint density at radius 1 is 0.800 bits per heavy atom. The van der Waals surface area contributed by atoms with Gasteiger partial charge in [0.05, 0.1) is 12.8 Å². The van der Waals surface area contributed by atoms with Crippen LogP contribution in [0.2, 0.25) is 0 Å². The summed E-state index contributed by atoms with van der Waals surface area (Å²) in [6.45, 7) is 2.69. The molecule has 4 aromatic rings. The summed E-state index contributed by atoms with van der Waals surface area (Å²) in [5, 5.41) is 3.56. The van der Waals surface area contributed by atoms with Gasteiger partial charge in [-0.2, -0.15) is 0 Å². The number of anilines is 1. The second-order valence-electron chi connectivity index (χ2n) is 8.07. The van der Waals surface area contributed by atoms with Gasteiger partial charge in [0.1, 0.15) is 5.75 Å². The summed E-state index contributed by atoms with van der Waals surface area (Å²) in [6.07, 6.45) is 4.36. The van der Waals surface area contributed by atoms with Gasteiger partial charge < -0.3 is 9.64 Å². The van der Waals surface area contributed by atoms with Crippen molar-refractivity contribution in [2.75, 3.05) is 18.6 Å². The summed E-state index contributed by atoms with van der Waals surface area (Å²) in [4.78, 5) is 15.5. The first kappa shape index (κ1) is 24.4. The molecular weight excluding hydrogens is 449 g/mol. The monoisotopic (exact) mass is 479 g/mol. The highest BCUT2D eigenvalue weighted by atomic mass is 31.1. The number of benzene rings is 4. The Hall–Kier alpha value is -3.68. The number of methoxy groups -OCH3 is 1. The van der Waals surface area contributed by atoms with Crippen LogP contribution in [0.4, 0.5) is 5.69 Å². The van der Waals surface area contributed by atoms with E-state index in [4.69, 9.17) is 4.74 Å². The van der Waals surface area contributed by atoms with Gasteiger partial charge in [-0.3, -0.25) is 4.79 Å². The fraction of sp³-hybridized carbons (Fsp3) is 0.129. The van der Waals surface area contributed by atoms with E-state index in [1.807, 2.05) is 65.6 Å². The van der Waals surface area contributed by atoms with Crippen molar-refractivity contribution >= 4 is 41.5 Å². The Balaban J connectivity index is 1.86. The van der Waals surface area contributed by atoms with E-state index in [0.29, 0.717) is 12.3 Å². The number of rotatable bonds is 9. The van der Waals surface area contributed by atoms with E-state index in [1.54, 1.807) is 13.2 Å². The normalized spacial score (nSPS) is 11.1. The highest BCUT2D eigenvalue weighted by molar-refractivity contribution is 7.80. The lowest BCUT2D eigenvalue weighted by molar-refractivity contribution is -0.114. The number of amides is 1. The molecule has 176 valence electrons. The Labute approximate surface area is 209 Å². The SMILES string of the molecule is CCCN(C(=O)/C=C/c1ccccc1)c1c(OC)cccc1P(c1ccccc1)c1ccccc1. The van der Waals surface area contributed by atoms with Crippen LogP contribution in [0.1, 0.15) is 18.9 Å². The molecule has 0 aliphatic heterocycles. The van der Waals surface area contributed by atoms with Crippen molar-refractivity contribution < 1.29 is 9.53 Å². The summed E-state index contributed by atoms with van der Waals surface area (Å²) in [5.74, 6) is 0.647. The molecule has 0 N–H and O–H groups in total. The van der Waals surface area contributed by atoms with Crippen molar-refractivity contribution in [1.82, 2.24) is 0 Å². The minimum Gasteiger partial charge on any atom is -0.495 e. The highest BCUT2D eigenvalue weighted by Crippen LogP contribution is 2.40. The van der Waals surface area contributed by atoms with Crippen LogP contribution in [0.5, 0.6) is 5.75 Å². The molecule has 0 aromatic heterocycles. The minimum atomic E-state index is -0.908. The Kier molecular flexibility index (Phi) is 8.48. The molecule has 0 fully saturated rings. The van der Waals surface area contributed by atoms with Crippen LogP contribution in [-0.4, -0.2) is 19.6 Å². The summed E-state index contributed by atoms with van der Waals surface area (Å²) >= 11 is 0. The van der Waals surface area contributed by atoms with Crippen LogP contribution in [0, 0.1) is 0 Å². The third-order valence-corrected chi connectivity index (χ3v) is 8.14. The Morgan fingerprint density at radius 2 is 1.37 bits per heavy atom. The molecule has 0 unspecified atom stereocenters. The topological polar surface area (TPSA) is 29.5 Å². The molecular formula is C31H30NO2P. The molecule has 0 atom stereocenters. The average molecular weight is 480 g/mol. The number of carbonyl (C=O) groups excluding carboxylic acids is 1. The van der Waals surface area contributed by atoms with Crippen LogP contribution < -0.4 is 25.6 Å². The lowest BCUT2D eigenvalue weighted by atomic mass is 10.2. The van der Waals surface area contributed by atoms with E-state index in [2.05, 4.69) is 61.5 Å². The van der Waals surface area contributed by atoms with Crippen molar-refractivity contribution in [3.63, 3.8) is 0 Å². The van der Waals surface area contributed by atoms with Crippen LogP contribution in [0.15, 0.2) is 115 Å². The van der Waals surface area contributed by atoms with Gasteiger partial charge in [-0.1, -0.05) is 110 Å². The summed E-state index contributed by atoms with van der Waals surface area (Å²) < 4.78 is 5.84. The molecule has 0 aliphatic rings. The van der Waals surface area contributed by atoms with Gasteiger partial charge in [-0.25, -0.2) is 0 Å². The standard InChI is InChI=1S/C31H30NO2P/c1-3-24-32(30(33)23-22-25-14-7-4-8-15-25)31-28(34-2)20-13-21-29(31)35(26-16-9-5-10-17-26)27-18-11-6-12-19-27/h4-23H,3,24H2,1-2H3/b23-22+. The highest BCUT2D eigenvalue weighted by Gasteiger charge is 2.27. The van der Waals surface area contributed by atoms with Gasteiger partial charge in [0.2, 0.25) is 0 Å². The second-order valence-corrected chi connectivity index (χ2v) is 10.3. The number of carbonyl (C=O) groups is 1. The first-order valence-electron chi connectivity index (χ1n) is 11.8. The van der Waals surface area contributed by atoms with Gasteiger partial charge in [0.25, 0.3) is 5.91 Å². The summed E-state index contributed by atoms with van der Waals surface area (Å²) in [7, 11) is 0.763. The molecule has 0 spiro atoms. The molecule has 3 nitrogen and oxygen atoms in total. The van der Waals surface area contributed by atoms with Gasteiger partial charge in [0, 0.05) is 17.9 Å². The molecule has 0 radical (unpaired) electrons. The Morgan fingerprint density at radius 3 is 1.91 bits per heavy atom. The van der Waals surface area contributed by atoms with Crippen LogP contribution in [0.25, 0.3) is 6.08 Å². The fourth-order valence-electron chi connectivity index (χ4n) is 4.09. The fourth-order valence-corrected chi connectivity index (χ4v) is 6.56. The zero-order valence-electron chi connectivity index (χ0n) is 20.2. The number of ether oxygens (including phenoxy) is 1. The Bertz CT molecular complexity index is 1220. The number of nitrogens with zero attached hydrogens (tertiary/aromatic N) is 1. The number of para-hydroxylation sites is 1. The maximum atomic E-state index is 13.6. The molecule has 4 heteroatoms. The maximum absolute atomic E-state index is 13.6. The van der Waals surface area contributed by atoms with E-state index < -0.39 is 7.92 Å². The first-order chi connectivity index (χ1) is 17.2. The zero-order chi connectivity index (χ0) is 24.5. The molecule has 0 bridgehead atoms. The van der Waals surface area contributed by atoms with Crippen molar-refractivity contribution in [1.29, 1.82) is 0 Å². The van der Waals surface area contributed by atoms with Gasteiger partial charge >= 0.3 is 0 Å². The number of hydrogen-bond donors (Lipinski definition) is 0. The summed E-state index contributed by atoms with van der Waals surface area (Å²) in [5.41, 5.74) is 1.84. The quantitative estimate of drug-likeness (QED) is 0.221. The average Bonchev–Trinajstić information content (AvgIpc) is 2.92. The lowest BCUT2D eigenvalue weighted by Crippen LogP contribution is -2.35.